The SMILES string of the molecule is CCCC1CCC(N)(Cc2ncnn2CCC)CC1. The van der Waals surface area contributed by atoms with Crippen LogP contribution in [0.3, 0.4) is 0 Å². The van der Waals surface area contributed by atoms with Crippen LogP contribution < -0.4 is 5.73 Å². The van der Waals surface area contributed by atoms with E-state index < -0.39 is 0 Å². The monoisotopic (exact) mass is 264 g/mol. The third-order valence-electron chi connectivity index (χ3n) is 4.44. The molecule has 1 fully saturated rings. The molecule has 19 heavy (non-hydrogen) atoms. The average Bonchev–Trinajstić information content (AvgIpc) is 2.80. The molecule has 0 atom stereocenters. The van der Waals surface area contributed by atoms with Crippen LogP contribution in [-0.2, 0) is 13.0 Å². The van der Waals surface area contributed by atoms with Crippen molar-refractivity contribution in [2.75, 3.05) is 0 Å². The quantitative estimate of drug-likeness (QED) is 0.859. The van der Waals surface area contributed by atoms with Crippen LogP contribution in [0.25, 0.3) is 0 Å². The first-order chi connectivity index (χ1) is 9.17. The molecular formula is C15H28N4. The molecule has 1 saturated carbocycles. The highest BCUT2D eigenvalue weighted by Crippen LogP contribution is 2.34. The van der Waals surface area contributed by atoms with E-state index in [2.05, 4.69) is 23.9 Å². The van der Waals surface area contributed by atoms with Crippen molar-refractivity contribution in [3.63, 3.8) is 0 Å². The van der Waals surface area contributed by atoms with Gasteiger partial charge in [-0.3, -0.25) is 4.68 Å². The van der Waals surface area contributed by atoms with E-state index >= 15 is 0 Å². The van der Waals surface area contributed by atoms with Gasteiger partial charge >= 0.3 is 0 Å². The second-order valence-corrected chi connectivity index (χ2v) is 6.17. The summed E-state index contributed by atoms with van der Waals surface area (Å²) in [4.78, 5) is 4.40. The Morgan fingerprint density at radius 3 is 2.68 bits per heavy atom. The van der Waals surface area contributed by atoms with E-state index in [1.165, 1.54) is 25.7 Å². The summed E-state index contributed by atoms with van der Waals surface area (Å²) in [5, 5.41) is 4.30. The fourth-order valence-corrected chi connectivity index (χ4v) is 3.26. The zero-order chi connectivity index (χ0) is 13.7. The van der Waals surface area contributed by atoms with Crippen molar-refractivity contribution in [3.05, 3.63) is 12.2 Å². The van der Waals surface area contributed by atoms with Crippen molar-refractivity contribution in [1.29, 1.82) is 0 Å². The maximum atomic E-state index is 6.59. The highest BCUT2D eigenvalue weighted by atomic mass is 15.3. The summed E-state index contributed by atoms with van der Waals surface area (Å²) in [6, 6.07) is 0. The molecule has 0 aromatic carbocycles. The van der Waals surface area contributed by atoms with Crippen LogP contribution in [0.15, 0.2) is 6.33 Å². The van der Waals surface area contributed by atoms with Crippen molar-refractivity contribution in [1.82, 2.24) is 14.8 Å². The van der Waals surface area contributed by atoms with Gasteiger partial charge in [0, 0.05) is 18.5 Å². The van der Waals surface area contributed by atoms with Gasteiger partial charge in [0.2, 0.25) is 0 Å². The fourth-order valence-electron chi connectivity index (χ4n) is 3.26. The molecule has 4 nitrogen and oxygen atoms in total. The van der Waals surface area contributed by atoms with Crippen LogP contribution in [0, 0.1) is 5.92 Å². The Labute approximate surface area is 116 Å². The average molecular weight is 264 g/mol. The summed E-state index contributed by atoms with van der Waals surface area (Å²) in [6.45, 7) is 5.39. The first kappa shape index (κ1) is 14.5. The Kier molecular flexibility index (Phi) is 4.97. The van der Waals surface area contributed by atoms with Crippen molar-refractivity contribution >= 4 is 0 Å². The van der Waals surface area contributed by atoms with Crippen LogP contribution >= 0.6 is 0 Å². The Morgan fingerprint density at radius 1 is 1.32 bits per heavy atom. The molecule has 4 heteroatoms. The van der Waals surface area contributed by atoms with Crippen molar-refractivity contribution in [2.45, 2.75) is 77.3 Å². The van der Waals surface area contributed by atoms with E-state index in [1.807, 2.05) is 4.68 Å². The smallest absolute Gasteiger partial charge is 0.138 e. The van der Waals surface area contributed by atoms with E-state index in [0.717, 1.165) is 44.0 Å². The topological polar surface area (TPSA) is 56.7 Å². The Hall–Kier alpha value is -0.900. The van der Waals surface area contributed by atoms with E-state index in [0.29, 0.717) is 0 Å². The maximum absolute atomic E-state index is 6.59. The van der Waals surface area contributed by atoms with Crippen LogP contribution in [-0.4, -0.2) is 20.3 Å². The molecule has 0 spiro atoms. The van der Waals surface area contributed by atoms with E-state index in [4.69, 9.17) is 5.73 Å². The van der Waals surface area contributed by atoms with Gasteiger partial charge < -0.3 is 5.73 Å². The molecule has 2 N–H and O–H groups in total. The van der Waals surface area contributed by atoms with Crippen molar-refractivity contribution in [3.8, 4) is 0 Å². The summed E-state index contributed by atoms with van der Waals surface area (Å²) in [5.41, 5.74) is 6.54. The minimum Gasteiger partial charge on any atom is -0.325 e. The molecule has 0 unspecified atom stereocenters. The highest BCUT2D eigenvalue weighted by molar-refractivity contribution is 5.00. The molecule has 0 radical (unpaired) electrons. The Balaban J connectivity index is 1.93. The molecule has 2 rings (SSSR count). The number of nitrogens with two attached hydrogens (primary N) is 1. The molecule has 1 aliphatic rings. The van der Waals surface area contributed by atoms with Crippen LogP contribution in [0.4, 0.5) is 0 Å². The Bertz CT molecular complexity index is 377. The molecule has 0 saturated heterocycles. The minimum atomic E-state index is -0.0528. The first-order valence-electron chi connectivity index (χ1n) is 7.82. The normalized spacial score (nSPS) is 27.6. The summed E-state index contributed by atoms with van der Waals surface area (Å²) in [6.07, 6.45) is 11.1. The van der Waals surface area contributed by atoms with Gasteiger partial charge in [-0.1, -0.05) is 26.7 Å². The van der Waals surface area contributed by atoms with E-state index in [-0.39, 0.29) is 5.54 Å². The van der Waals surface area contributed by atoms with Crippen molar-refractivity contribution < 1.29 is 0 Å². The lowest BCUT2D eigenvalue weighted by molar-refractivity contribution is 0.219. The van der Waals surface area contributed by atoms with Gasteiger partial charge in [-0.05, 0) is 38.0 Å². The van der Waals surface area contributed by atoms with Gasteiger partial charge in [-0.15, -0.1) is 0 Å². The number of rotatable bonds is 6. The predicted octanol–water partition coefficient (Wildman–Crippen LogP) is 2.92. The lowest BCUT2D eigenvalue weighted by atomic mass is 9.74. The van der Waals surface area contributed by atoms with Gasteiger partial charge in [0.05, 0.1) is 0 Å². The number of aryl methyl sites for hydroxylation is 1. The van der Waals surface area contributed by atoms with Gasteiger partial charge in [-0.2, -0.15) is 5.10 Å². The van der Waals surface area contributed by atoms with Gasteiger partial charge in [0.15, 0.2) is 0 Å². The lowest BCUT2D eigenvalue weighted by Crippen LogP contribution is -2.46. The van der Waals surface area contributed by atoms with Crippen molar-refractivity contribution in [2.24, 2.45) is 11.7 Å². The molecule has 0 aliphatic heterocycles. The predicted molar refractivity (Wildman–Crippen MR) is 77.8 cm³/mol. The van der Waals surface area contributed by atoms with E-state index in [1.54, 1.807) is 6.33 Å². The second-order valence-electron chi connectivity index (χ2n) is 6.17. The molecule has 1 aromatic heterocycles. The zero-order valence-corrected chi connectivity index (χ0v) is 12.4. The van der Waals surface area contributed by atoms with Gasteiger partial charge in [0.1, 0.15) is 12.2 Å². The zero-order valence-electron chi connectivity index (χ0n) is 12.4. The second kappa shape index (κ2) is 6.51. The number of hydrogen-bond acceptors (Lipinski definition) is 3. The molecule has 0 bridgehead atoms. The van der Waals surface area contributed by atoms with Crippen LogP contribution in [0.5, 0.6) is 0 Å². The molecule has 1 heterocycles. The fraction of sp³-hybridized carbons (Fsp3) is 0.867. The third kappa shape index (κ3) is 3.78. The molecule has 1 aromatic rings. The first-order valence-corrected chi connectivity index (χ1v) is 7.82. The lowest BCUT2D eigenvalue weighted by Gasteiger charge is -2.37. The summed E-state index contributed by atoms with van der Waals surface area (Å²) < 4.78 is 2.02. The van der Waals surface area contributed by atoms with Gasteiger partial charge in [-0.25, -0.2) is 4.98 Å². The standard InChI is InChI=1S/C15H28N4/c1-3-5-13-6-8-15(16,9-7-13)11-14-17-12-18-19(14)10-4-2/h12-13H,3-11,16H2,1-2H3. The summed E-state index contributed by atoms with van der Waals surface area (Å²) >= 11 is 0. The molecular weight excluding hydrogens is 236 g/mol. The largest absolute Gasteiger partial charge is 0.325 e. The van der Waals surface area contributed by atoms with Gasteiger partial charge in [0.25, 0.3) is 0 Å². The minimum absolute atomic E-state index is 0.0528. The van der Waals surface area contributed by atoms with Crippen LogP contribution in [0.1, 0.15) is 64.6 Å². The molecule has 0 amide bonds. The number of aromatic nitrogens is 3. The Morgan fingerprint density at radius 2 is 2.05 bits per heavy atom. The summed E-state index contributed by atoms with van der Waals surface area (Å²) in [5.74, 6) is 1.97. The molecule has 1 aliphatic carbocycles. The highest BCUT2D eigenvalue weighted by Gasteiger charge is 2.32. The number of hydrogen-bond donors (Lipinski definition) is 1. The summed E-state index contributed by atoms with van der Waals surface area (Å²) in [7, 11) is 0. The molecule has 108 valence electrons. The maximum Gasteiger partial charge on any atom is 0.138 e. The third-order valence-corrected chi connectivity index (χ3v) is 4.44. The van der Waals surface area contributed by atoms with E-state index in [9.17, 15) is 0 Å². The van der Waals surface area contributed by atoms with Crippen LogP contribution in [0.2, 0.25) is 0 Å². The number of nitrogens with zero attached hydrogens (tertiary/aromatic N) is 3.